The van der Waals surface area contributed by atoms with Gasteiger partial charge in [-0.1, -0.05) is 23.2 Å². The van der Waals surface area contributed by atoms with Crippen LogP contribution in [0, 0.1) is 21.7 Å². The van der Waals surface area contributed by atoms with E-state index >= 15 is 0 Å². The summed E-state index contributed by atoms with van der Waals surface area (Å²) in [6.07, 6.45) is 0. The first-order valence-corrected chi connectivity index (χ1v) is 3.68. The molecule has 1 aromatic rings. The van der Waals surface area contributed by atoms with Crippen molar-refractivity contribution in [3.05, 3.63) is 37.9 Å². The molecule has 0 atom stereocenters. The van der Waals surface area contributed by atoms with Crippen LogP contribution in [-0.4, -0.2) is 4.92 Å². The topological polar surface area (TPSA) is 43.1 Å². The molecule has 0 radical (unpaired) electrons. The molecule has 0 amide bonds. The molecule has 0 saturated heterocycles. The summed E-state index contributed by atoms with van der Waals surface area (Å²) in [6, 6.07) is 0.576. The summed E-state index contributed by atoms with van der Waals surface area (Å²) in [5.74, 6) is -3.01. The summed E-state index contributed by atoms with van der Waals surface area (Å²) in [5.41, 5.74) is -1.15. The lowest BCUT2D eigenvalue weighted by Crippen LogP contribution is -1.97. The second-order valence-corrected chi connectivity index (χ2v) is 2.86. The molecule has 0 aliphatic heterocycles. The first-order valence-electron chi connectivity index (χ1n) is 2.92. The Hall–Kier alpha value is -0.940. The maximum atomic E-state index is 12.7. The third-order valence-electron chi connectivity index (χ3n) is 1.27. The standard InChI is InChI=1S/C6HCl2F2NO2/c7-2-1-3(9)5(10)6(4(2)8)11(12)13/h1H. The maximum absolute atomic E-state index is 12.7. The predicted molar refractivity (Wildman–Crippen MR) is 43.0 cm³/mol. The summed E-state index contributed by atoms with van der Waals surface area (Å²) in [5, 5.41) is 9.20. The van der Waals surface area contributed by atoms with Crippen molar-refractivity contribution in [2.75, 3.05) is 0 Å². The van der Waals surface area contributed by atoms with Crippen molar-refractivity contribution < 1.29 is 13.7 Å². The minimum absolute atomic E-state index is 0.396. The first kappa shape index (κ1) is 10.1. The van der Waals surface area contributed by atoms with E-state index in [1.54, 1.807) is 0 Å². The zero-order valence-corrected chi connectivity index (χ0v) is 7.36. The van der Waals surface area contributed by atoms with Crippen LogP contribution in [-0.2, 0) is 0 Å². The lowest BCUT2D eigenvalue weighted by molar-refractivity contribution is -0.387. The SMILES string of the molecule is O=[N+]([O-])c1c(F)c(F)cc(Cl)c1Cl. The van der Waals surface area contributed by atoms with E-state index in [2.05, 4.69) is 0 Å². The van der Waals surface area contributed by atoms with Gasteiger partial charge in [-0.2, -0.15) is 4.39 Å². The van der Waals surface area contributed by atoms with E-state index in [0.717, 1.165) is 0 Å². The van der Waals surface area contributed by atoms with E-state index in [1.807, 2.05) is 0 Å². The molecule has 0 heterocycles. The number of hydrogen-bond donors (Lipinski definition) is 0. The largest absolute Gasteiger partial charge is 0.327 e. The lowest BCUT2D eigenvalue weighted by atomic mass is 10.3. The average molecular weight is 228 g/mol. The van der Waals surface area contributed by atoms with Crippen molar-refractivity contribution >= 4 is 28.9 Å². The number of rotatable bonds is 1. The first-order chi connectivity index (χ1) is 5.95. The van der Waals surface area contributed by atoms with Crippen molar-refractivity contribution in [1.82, 2.24) is 0 Å². The van der Waals surface area contributed by atoms with Gasteiger partial charge in [0.25, 0.3) is 0 Å². The normalized spacial score (nSPS) is 10.2. The van der Waals surface area contributed by atoms with Crippen molar-refractivity contribution in [1.29, 1.82) is 0 Å². The van der Waals surface area contributed by atoms with Gasteiger partial charge in [0.1, 0.15) is 5.02 Å². The molecular formula is C6HCl2F2NO2. The van der Waals surface area contributed by atoms with Crippen molar-refractivity contribution in [3.63, 3.8) is 0 Å². The molecule has 70 valence electrons. The summed E-state index contributed by atoms with van der Waals surface area (Å²) < 4.78 is 25.3. The minimum atomic E-state index is -1.61. The molecular weight excluding hydrogens is 227 g/mol. The van der Waals surface area contributed by atoms with Gasteiger partial charge in [0.15, 0.2) is 5.82 Å². The number of benzene rings is 1. The zero-order valence-electron chi connectivity index (χ0n) is 5.85. The van der Waals surface area contributed by atoms with Crippen LogP contribution >= 0.6 is 23.2 Å². The Bertz CT molecular complexity index is 357. The molecule has 7 heteroatoms. The van der Waals surface area contributed by atoms with Gasteiger partial charge >= 0.3 is 5.69 Å². The fourth-order valence-corrected chi connectivity index (χ4v) is 1.11. The van der Waals surface area contributed by atoms with Gasteiger partial charge in [-0.3, -0.25) is 10.1 Å². The van der Waals surface area contributed by atoms with E-state index < -0.39 is 32.3 Å². The quantitative estimate of drug-likeness (QED) is 0.420. The third-order valence-corrected chi connectivity index (χ3v) is 2.05. The Balaban J connectivity index is 3.56. The molecule has 0 unspecified atom stereocenters. The van der Waals surface area contributed by atoms with E-state index in [9.17, 15) is 18.9 Å². The van der Waals surface area contributed by atoms with Crippen LogP contribution in [0.1, 0.15) is 0 Å². The average Bonchev–Trinajstić information content (AvgIpc) is 2.01. The van der Waals surface area contributed by atoms with Crippen molar-refractivity contribution in [2.24, 2.45) is 0 Å². The molecule has 0 aliphatic rings. The smallest absolute Gasteiger partial charge is 0.258 e. The molecule has 0 spiro atoms. The Labute approximate surface area is 81.0 Å². The van der Waals surface area contributed by atoms with Gasteiger partial charge in [-0.05, 0) is 6.07 Å². The Morgan fingerprint density at radius 2 is 1.92 bits per heavy atom. The van der Waals surface area contributed by atoms with Crippen LogP contribution in [0.4, 0.5) is 14.5 Å². The van der Waals surface area contributed by atoms with E-state index in [1.165, 1.54) is 0 Å². The van der Waals surface area contributed by atoms with E-state index in [-0.39, 0.29) is 0 Å². The number of nitro groups is 1. The number of nitrogens with zero attached hydrogens (tertiary/aromatic N) is 1. The molecule has 0 bridgehead atoms. The number of hydrogen-bond acceptors (Lipinski definition) is 2. The second-order valence-electron chi connectivity index (χ2n) is 2.07. The molecule has 3 nitrogen and oxygen atoms in total. The van der Waals surface area contributed by atoms with E-state index in [0.29, 0.717) is 6.07 Å². The van der Waals surface area contributed by atoms with Gasteiger partial charge in [0.05, 0.1) is 9.95 Å². The maximum Gasteiger partial charge on any atom is 0.327 e. The monoisotopic (exact) mass is 227 g/mol. The molecule has 1 rings (SSSR count). The predicted octanol–water partition coefficient (Wildman–Crippen LogP) is 3.18. The summed E-state index contributed by atoms with van der Waals surface area (Å²) in [4.78, 5) is 9.07. The summed E-state index contributed by atoms with van der Waals surface area (Å²) >= 11 is 10.6. The minimum Gasteiger partial charge on any atom is -0.258 e. The van der Waals surface area contributed by atoms with Crippen LogP contribution in [0.2, 0.25) is 10.0 Å². The molecule has 13 heavy (non-hydrogen) atoms. The molecule has 0 fully saturated rings. The fraction of sp³-hybridized carbons (Fsp3) is 0. The second kappa shape index (κ2) is 3.43. The Morgan fingerprint density at radius 3 is 2.38 bits per heavy atom. The van der Waals surface area contributed by atoms with Crippen LogP contribution in [0.3, 0.4) is 0 Å². The van der Waals surface area contributed by atoms with Gasteiger partial charge < -0.3 is 0 Å². The van der Waals surface area contributed by atoms with Crippen LogP contribution in [0.15, 0.2) is 6.07 Å². The van der Waals surface area contributed by atoms with Crippen molar-refractivity contribution in [2.45, 2.75) is 0 Å². The lowest BCUT2D eigenvalue weighted by Gasteiger charge is -1.99. The van der Waals surface area contributed by atoms with Gasteiger partial charge in [0, 0.05) is 0 Å². The summed E-state index contributed by atoms with van der Waals surface area (Å²) in [7, 11) is 0. The molecule has 0 saturated carbocycles. The molecule has 1 aromatic carbocycles. The van der Waals surface area contributed by atoms with E-state index in [4.69, 9.17) is 23.2 Å². The van der Waals surface area contributed by atoms with Crippen molar-refractivity contribution in [3.8, 4) is 0 Å². The molecule has 0 aliphatic carbocycles. The third kappa shape index (κ3) is 1.71. The highest BCUT2D eigenvalue weighted by molar-refractivity contribution is 6.43. The van der Waals surface area contributed by atoms with Crippen LogP contribution in [0.5, 0.6) is 0 Å². The highest BCUT2D eigenvalue weighted by Gasteiger charge is 2.25. The van der Waals surface area contributed by atoms with Gasteiger partial charge in [0.2, 0.25) is 5.82 Å². The fourth-order valence-electron chi connectivity index (χ4n) is 0.721. The Kier molecular flexibility index (Phi) is 2.68. The Morgan fingerprint density at radius 1 is 1.38 bits per heavy atom. The zero-order chi connectivity index (χ0) is 10.2. The summed E-state index contributed by atoms with van der Waals surface area (Å²) in [6.45, 7) is 0. The van der Waals surface area contributed by atoms with Gasteiger partial charge in [-0.15, -0.1) is 0 Å². The number of halogens is 4. The molecule has 0 aromatic heterocycles. The highest BCUT2D eigenvalue weighted by atomic mass is 35.5. The highest BCUT2D eigenvalue weighted by Crippen LogP contribution is 2.35. The van der Waals surface area contributed by atoms with Crippen LogP contribution in [0.25, 0.3) is 0 Å². The van der Waals surface area contributed by atoms with Gasteiger partial charge in [-0.25, -0.2) is 4.39 Å². The number of nitro benzene ring substituents is 1. The molecule has 0 N–H and O–H groups in total. The van der Waals surface area contributed by atoms with Crippen LogP contribution < -0.4 is 0 Å².